The van der Waals surface area contributed by atoms with E-state index >= 15 is 0 Å². The minimum Gasteiger partial charge on any atom is -0.324 e. The molecule has 0 aliphatic carbocycles. The average Bonchev–Trinajstić information content (AvgIpc) is 2.16. The fourth-order valence-electron chi connectivity index (χ4n) is 1.11. The predicted molar refractivity (Wildman–Crippen MR) is 58.3 cm³/mol. The first-order valence-corrected chi connectivity index (χ1v) is 4.70. The second-order valence-corrected chi connectivity index (χ2v) is 3.17. The van der Waals surface area contributed by atoms with E-state index in [1.54, 1.807) is 19.2 Å². The molecule has 1 rings (SSSR count). The van der Waals surface area contributed by atoms with Gasteiger partial charge in [-0.3, -0.25) is 4.79 Å². The Morgan fingerprint density at radius 1 is 1.57 bits per heavy atom. The summed E-state index contributed by atoms with van der Waals surface area (Å²) < 4.78 is 0. The van der Waals surface area contributed by atoms with Crippen molar-refractivity contribution in [2.45, 2.75) is 20.3 Å². The molecular weight excluding hydrogens is 174 g/mol. The van der Waals surface area contributed by atoms with Gasteiger partial charge < -0.3 is 4.90 Å². The minimum atomic E-state index is 0.0728. The first-order valence-electron chi connectivity index (χ1n) is 4.70. The fraction of sp³-hybridized carbons (Fsp3) is 0.250. The van der Waals surface area contributed by atoms with Crippen molar-refractivity contribution in [3.8, 4) is 0 Å². The Hall–Kier alpha value is -1.57. The van der Waals surface area contributed by atoms with Crippen molar-refractivity contribution in [2.24, 2.45) is 0 Å². The zero-order valence-corrected chi connectivity index (χ0v) is 8.66. The zero-order chi connectivity index (χ0) is 10.6. The average molecular weight is 189 g/mol. The molecule has 0 spiro atoms. The molecule has 2 heteroatoms. The van der Waals surface area contributed by atoms with E-state index < -0.39 is 0 Å². The SMILES string of the molecule is C=C1C=CC(C(C)=O)=CN1/C=C\CC. The molecule has 0 aromatic heterocycles. The summed E-state index contributed by atoms with van der Waals surface area (Å²) in [5.74, 6) is 0.0728. The summed E-state index contributed by atoms with van der Waals surface area (Å²) in [6, 6.07) is 0. The summed E-state index contributed by atoms with van der Waals surface area (Å²) in [7, 11) is 0. The fourth-order valence-corrected chi connectivity index (χ4v) is 1.11. The lowest BCUT2D eigenvalue weighted by molar-refractivity contribution is -0.113. The van der Waals surface area contributed by atoms with E-state index in [0.29, 0.717) is 5.57 Å². The third-order valence-electron chi connectivity index (χ3n) is 1.97. The molecule has 0 bridgehead atoms. The van der Waals surface area contributed by atoms with Gasteiger partial charge in [0.1, 0.15) is 0 Å². The molecule has 1 heterocycles. The summed E-state index contributed by atoms with van der Waals surface area (Å²) in [6.45, 7) is 7.50. The largest absolute Gasteiger partial charge is 0.324 e. The lowest BCUT2D eigenvalue weighted by Gasteiger charge is -2.20. The Balaban J connectivity index is 2.85. The van der Waals surface area contributed by atoms with E-state index in [2.05, 4.69) is 13.5 Å². The third kappa shape index (κ3) is 2.46. The summed E-state index contributed by atoms with van der Waals surface area (Å²) in [5.41, 5.74) is 1.58. The maximum Gasteiger partial charge on any atom is 0.161 e. The highest BCUT2D eigenvalue weighted by atomic mass is 16.1. The van der Waals surface area contributed by atoms with Gasteiger partial charge in [0, 0.05) is 23.7 Å². The molecule has 0 unspecified atom stereocenters. The standard InChI is InChI=1S/C12H15NO/c1-4-5-8-13-9-12(11(3)14)7-6-10(13)2/h5-9H,2,4H2,1,3H3/b8-5-. The van der Waals surface area contributed by atoms with Crippen molar-refractivity contribution in [3.63, 3.8) is 0 Å². The minimum absolute atomic E-state index is 0.0728. The van der Waals surface area contributed by atoms with Crippen LogP contribution in [0, 0.1) is 0 Å². The quantitative estimate of drug-likeness (QED) is 0.680. The van der Waals surface area contributed by atoms with Crippen molar-refractivity contribution in [1.29, 1.82) is 0 Å². The van der Waals surface area contributed by atoms with Crippen molar-refractivity contribution >= 4 is 5.78 Å². The predicted octanol–water partition coefficient (Wildman–Crippen LogP) is 2.77. The topological polar surface area (TPSA) is 20.3 Å². The number of ketones is 1. The molecule has 14 heavy (non-hydrogen) atoms. The Labute approximate surface area is 84.9 Å². The van der Waals surface area contributed by atoms with Crippen LogP contribution in [0.5, 0.6) is 0 Å². The Kier molecular flexibility index (Phi) is 3.46. The maximum absolute atomic E-state index is 11.1. The molecule has 0 aromatic carbocycles. The van der Waals surface area contributed by atoms with E-state index in [0.717, 1.165) is 12.1 Å². The number of rotatable bonds is 3. The number of carbonyl (C=O) groups is 1. The van der Waals surface area contributed by atoms with E-state index in [1.165, 1.54) is 0 Å². The number of hydrogen-bond donors (Lipinski definition) is 0. The highest BCUT2D eigenvalue weighted by Crippen LogP contribution is 2.16. The van der Waals surface area contributed by atoms with E-state index in [9.17, 15) is 4.79 Å². The van der Waals surface area contributed by atoms with Crippen molar-refractivity contribution < 1.29 is 4.79 Å². The van der Waals surface area contributed by atoms with Gasteiger partial charge in [0.15, 0.2) is 5.78 Å². The number of nitrogens with zero attached hydrogens (tertiary/aromatic N) is 1. The van der Waals surface area contributed by atoms with Gasteiger partial charge in [-0.1, -0.05) is 19.6 Å². The van der Waals surface area contributed by atoms with Gasteiger partial charge in [0.05, 0.1) is 0 Å². The molecule has 2 nitrogen and oxygen atoms in total. The molecular formula is C12H15NO. The van der Waals surface area contributed by atoms with Gasteiger partial charge in [0.2, 0.25) is 0 Å². The lowest BCUT2D eigenvalue weighted by Crippen LogP contribution is -2.13. The first-order chi connectivity index (χ1) is 6.65. The molecule has 1 aliphatic heterocycles. The number of Topliss-reactive ketones (excluding diaryl/α,β-unsaturated/α-hetero) is 1. The van der Waals surface area contributed by atoms with Crippen LogP contribution in [-0.2, 0) is 4.79 Å². The highest BCUT2D eigenvalue weighted by molar-refractivity contribution is 5.96. The molecule has 0 aromatic rings. The van der Waals surface area contributed by atoms with Gasteiger partial charge in [-0.2, -0.15) is 0 Å². The smallest absolute Gasteiger partial charge is 0.161 e. The van der Waals surface area contributed by atoms with Crippen LogP contribution >= 0.6 is 0 Å². The van der Waals surface area contributed by atoms with E-state index in [4.69, 9.17) is 0 Å². The molecule has 0 saturated carbocycles. The second kappa shape index (κ2) is 4.61. The summed E-state index contributed by atoms with van der Waals surface area (Å²) >= 11 is 0. The first kappa shape index (κ1) is 10.5. The Morgan fingerprint density at radius 3 is 2.86 bits per heavy atom. The Bertz CT molecular complexity index is 334. The van der Waals surface area contributed by atoms with Crippen LogP contribution in [0.4, 0.5) is 0 Å². The maximum atomic E-state index is 11.1. The molecule has 0 amide bonds. The van der Waals surface area contributed by atoms with Crippen LogP contribution in [-0.4, -0.2) is 10.7 Å². The van der Waals surface area contributed by atoms with E-state index in [1.807, 2.05) is 23.3 Å². The van der Waals surface area contributed by atoms with Crippen LogP contribution in [0.3, 0.4) is 0 Å². The molecule has 0 radical (unpaired) electrons. The van der Waals surface area contributed by atoms with Crippen molar-refractivity contribution in [2.75, 3.05) is 0 Å². The molecule has 1 aliphatic rings. The normalized spacial score (nSPS) is 16.3. The zero-order valence-electron chi connectivity index (χ0n) is 8.66. The molecule has 74 valence electrons. The number of carbonyl (C=O) groups excluding carboxylic acids is 1. The van der Waals surface area contributed by atoms with Gasteiger partial charge >= 0.3 is 0 Å². The van der Waals surface area contributed by atoms with Crippen LogP contribution in [0.2, 0.25) is 0 Å². The van der Waals surface area contributed by atoms with Gasteiger partial charge in [-0.25, -0.2) is 0 Å². The Morgan fingerprint density at radius 2 is 2.29 bits per heavy atom. The molecule has 0 fully saturated rings. The highest BCUT2D eigenvalue weighted by Gasteiger charge is 2.08. The van der Waals surface area contributed by atoms with Gasteiger partial charge in [-0.05, 0) is 25.5 Å². The van der Waals surface area contributed by atoms with Gasteiger partial charge in [0.25, 0.3) is 0 Å². The van der Waals surface area contributed by atoms with Gasteiger partial charge in [-0.15, -0.1) is 0 Å². The van der Waals surface area contributed by atoms with Crippen molar-refractivity contribution in [3.05, 3.63) is 48.5 Å². The molecule has 0 saturated heterocycles. The second-order valence-electron chi connectivity index (χ2n) is 3.17. The number of allylic oxidation sites excluding steroid dienone is 4. The lowest BCUT2D eigenvalue weighted by atomic mass is 10.1. The summed E-state index contributed by atoms with van der Waals surface area (Å²) in [4.78, 5) is 13.0. The summed E-state index contributed by atoms with van der Waals surface area (Å²) in [6.07, 6.45) is 10.4. The molecule has 0 N–H and O–H groups in total. The molecule has 0 atom stereocenters. The van der Waals surface area contributed by atoms with Crippen LogP contribution in [0.25, 0.3) is 0 Å². The number of hydrogen-bond acceptors (Lipinski definition) is 2. The van der Waals surface area contributed by atoms with Crippen LogP contribution < -0.4 is 0 Å². The van der Waals surface area contributed by atoms with Crippen LogP contribution in [0.1, 0.15) is 20.3 Å². The summed E-state index contributed by atoms with van der Waals surface area (Å²) in [5, 5.41) is 0. The van der Waals surface area contributed by atoms with E-state index in [-0.39, 0.29) is 5.78 Å². The van der Waals surface area contributed by atoms with Crippen molar-refractivity contribution in [1.82, 2.24) is 4.90 Å². The monoisotopic (exact) mass is 189 g/mol. The third-order valence-corrected chi connectivity index (χ3v) is 1.97. The van der Waals surface area contributed by atoms with Crippen LogP contribution in [0.15, 0.2) is 48.5 Å².